The largest absolute Gasteiger partial charge is 0.355 e. The molecule has 0 aliphatic rings. The summed E-state index contributed by atoms with van der Waals surface area (Å²) in [5.74, 6) is -0.974. The summed E-state index contributed by atoms with van der Waals surface area (Å²) in [4.78, 5) is 27.4. The van der Waals surface area contributed by atoms with Crippen molar-refractivity contribution in [1.29, 1.82) is 0 Å². The summed E-state index contributed by atoms with van der Waals surface area (Å²) in [6.45, 7) is 4.36. The Hall–Kier alpha value is -2.65. The molecule has 0 fully saturated rings. The Morgan fingerprint density at radius 2 is 1.68 bits per heavy atom. The van der Waals surface area contributed by atoms with Crippen molar-refractivity contribution >= 4 is 39.1 Å². The lowest BCUT2D eigenvalue weighted by atomic mass is 10.1. The molecule has 0 heterocycles. The molecule has 34 heavy (non-hydrogen) atoms. The molecule has 7 nitrogen and oxygen atoms in total. The van der Waals surface area contributed by atoms with Crippen LogP contribution in [0.1, 0.15) is 38.7 Å². The molecule has 0 aliphatic heterocycles. The molecule has 0 unspecified atom stereocenters. The minimum absolute atomic E-state index is 0.0384. The number of sulfonamides is 1. The van der Waals surface area contributed by atoms with Gasteiger partial charge in [-0.05, 0) is 61.7 Å². The highest BCUT2D eigenvalue weighted by atomic mass is 35.5. The molecular weight excluding hydrogens is 481 g/mol. The van der Waals surface area contributed by atoms with Gasteiger partial charge in [0.05, 0.1) is 11.9 Å². The molecule has 1 atom stereocenters. The van der Waals surface area contributed by atoms with E-state index in [2.05, 4.69) is 5.32 Å². The van der Waals surface area contributed by atoms with Gasteiger partial charge in [0.2, 0.25) is 21.8 Å². The summed E-state index contributed by atoms with van der Waals surface area (Å²) in [5.41, 5.74) is 1.15. The highest BCUT2D eigenvalue weighted by Crippen LogP contribution is 2.20. The number of benzene rings is 2. The SMILES string of the molecule is CCNC(=O)[C@@H](CC)N(Cc1ccc(Cl)cc1)C(=O)CCCN(c1ccc(F)cc1)S(C)(=O)=O. The van der Waals surface area contributed by atoms with E-state index in [4.69, 9.17) is 11.6 Å². The fourth-order valence-corrected chi connectivity index (χ4v) is 4.70. The predicted octanol–water partition coefficient (Wildman–Crippen LogP) is 3.97. The summed E-state index contributed by atoms with van der Waals surface area (Å²) >= 11 is 5.97. The molecule has 2 rings (SSSR count). The van der Waals surface area contributed by atoms with Crippen LogP contribution in [0.4, 0.5) is 10.1 Å². The molecule has 0 spiro atoms. The van der Waals surface area contributed by atoms with Crippen LogP contribution in [-0.4, -0.2) is 50.5 Å². The van der Waals surface area contributed by atoms with Gasteiger partial charge >= 0.3 is 0 Å². The van der Waals surface area contributed by atoms with E-state index in [0.717, 1.165) is 16.1 Å². The number of hydrogen-bond acceptors (Lipinski definition) is 4. The maximum Gasteiger partial charge on any atom is 0.242 e. The van der Waals surface area contributed by atoms with Gasteiger partial charge < -0.3 is 10.2 Å². The van der Waals surface area contributed by atoms with Gasteiger partial charge in [-0.25, -0.2) is 12.8 Å². The van der Waals surface area contributed by atoms with Gasteiger partial charge in [-0.15, -0.1) is 0 Å². The summed E-state index contributed by atoms with van der Waals surface area (Å²) in [6, 6.07) is 11.5. The first-order valence-electron chi connectivity index (χ1n) is 11.1. The number of carbonyl (C=O) groups excluding carboxylic acids is 2. The summed E-state index contributed by atoms with van der Waals surface area (Å²) in [7, 11) is -3.63. The van der Waals surface area contributed by atoms with E-state index in [1.807, 2.05) is 13.8 Å². The van der Waals surface area contributed by atoms with Crippen molar-refractivity contribution in [2.45, 2.75) is 45.7 Å². The van der Waals surface area contributed by atoms with Gasteiger partial charge in [-0.3, -0.25) is 13.9 Å². The molecule has 0 aliphatic carbocycles. The van der Waals surface area contributed by atoms with Gasteiger partial charge in [-0.1, -0.05) is 30.7 Å². The Morgan fingerprint density at radius 3 is 2.21 bits per heavy atom. The molecule has 2 aromatic rings. The Balaban J connectivity index is 2.18. The van der Waals surface area contributed by atoms with Gasteiger partial charge in [0.15, 0.2) is 0 Å². The molecule has 0 saturated heterocycles. The van der Waals surface area contributed by atoms with E-state index in [1.165, 1.54) is 29.2 Å². The zero-order valence-electron chi connectivity index (χ0n) is 19.6. The van der Waals surface area contributed by atoms with Crippen LogP contribution < -0.4 is 9.62 Å². The molecule has 10 heteroatoms. The lowest BCUT2D eigenvalue weighted by Gasteiger charge is -2.31. The van der Waals surface area contributed by atoms with Gasteiger partial charge in [-0.2, -0.15) is 0 Å². The van der Waals surface area contributed by atoms with Crippen molar-refractivity contribution in [1.82, 2.24) is 10.2 Å². The van der Waals surface area contributed by atoms with Crippen molar-refractivity contribution in [3.05, 3.63) is 64.9 Å². The number of carbonyl (C=O) groups is 2. The van der Waals surface area contributed by atoms with Crippen LogP contribution in [0.15, 0.2) is 48.5 Å². The zero-order chi connectivity index (χ0) is 25.3. The van der Waals surface area contributed by atoms with Gasteiger partial charge in [0, 0.05) is 31.1 Å². The van der Waals surface area contributed by atoms with Crippen LogP contribution in [-0.2, 0) is 26.2 Å². The second-order valence-corrected chi connectivity index (χ2v) is 10.2. The van der Waals surface area contributed by atoms with Crippen LogP contribution in [0.5, 0.6) is 0 Å². The average Bonchev–Trinajstić information content (AvgIpc) is 2.78. The zero-order valence-corrected chi connectivity index (χ0v) is 21.2. The second-order valence-electron chi connectivity index (χ2n) is 7.88. The summed E-state index contributed by atoms with van der Waals surface area (Å²) < 4.78 is 39.0. The van der Waals surface area contributed by atoms with Crippen LogP contribution in [0.2, 0.25) is 5.02 Å². The Morgan fingerprint density at radius 1 is 1.06 bits per heavy atom. The van der Waals surface area contributed by atoms with Crippen LogP contribution >= 0.6 is 11.6 Å². The molecule has 0 saturated carbocycles. The van der Waals surface area contributed by atoms with Crippen molar-refractivity contribution in [3.8, 4) is 0 Å². The van der Waals surface area contributed by atoms with Crippen molar-refractivity contribution in [2.24, 2.45) is 0 Å². The molecule has 1 N–H and O–H groups in total. The number of likely N-dealkylation sites (N-methyl/N-ethyl adjacent to an activating group) is 1. The van der Waals surface area contributed by atoms with Crippen LogP contribution in [0, 0.1) is 5.82 Å². The number of hydrogen-bond donors (Lipinski definition) is 1. The van der Waals surface area contributed by atoms with Crippen molar-refractivity contribution in [2.75, 3.05) is 23.7 Å². The number of rotatable bonds is 12. The van der Waals surface area contributed by atoms with Gasteiger partial charge in [0.25, 0.3) is 0 Å². The molecule has 0 bridgehead atoms. The maximum absolute atomic E-state index is 13.3. The van der Waals surface area contributed by atoms with E-state index in [0.29, 0.717) is 23.7 Å². The first kappa shape index (κ1) is 27.6. The summed E-state index contributed by atoms with van der Waals surface area (Å²) in [5, 5.41) is 3.34. The fourth-order valence-electron chi connectivity index (χ4n) is 3.61. The lowest BCUT2D eigenvalue weighted by Crippen LogP contribution is -2.49. The molecule has 186 valence electrons. The highest BCUT2D eigenvalue weighted by molar-refractivity contribution is 7.92. The van der Waals surface area contributed by atoms with E-state index < -0.39 is 21.9 Å². The Labute approximate surface area is 205 Å². The first-order valence-corrected chi connectivity index (χ1v) is 13.3. The van der Waals surface area contributed by atoms with E-state index in [1.54, 1.807) is 24.3 Å². The topological polar surface area (TPSA) is 86.8 Å². The lowest BCUT2D eigenvalue weighted by molar-refractivity contribution is -0.141. The standard InChI is InChI=1S/C24H31ClFN3O4S/c1-4-22(24(31)27-5-2)28(17-18-8-10-19(25)11-9-18)23(30)7-6-16-29(34(3,32)33)21-14-12-20(26)13-15-21/h8-15,22H,4-7,16-17H2,1-3H3,(H,27,31)/t22-/m1/s1. The second kappa shape index (κ2) is 12.7. The predicted molar refractivity (Wildman–Crippen MR) is 133 cm³/mol. The minimum Gasteiger partial charge on any atom is -0.355 e. The van der Waals surface area contributed by atoms with Crippen LogP contribution in [0.25, 0.3) is 0 Å². The summed E-state index contributed by atoms with van der Waals surface area (Å²) in [6.07, 6.45) is 1.76. The van der Waals surface area contributed by atoms with Crippen LogP contribution in [0.3, 0.4) is 0 Å². The molecule has 2 amide bonds. The van der Waals surface area contributed by atoms with Gasteiger partial charge in [0.1, 0.15) is 11.9 Å². The minimum atomic E-state index is -3.63. The highest BCUT2D eigenvalue weighted by Gasteiger charge is 2.28. The Kier molecular flexibility index (Phi) is 10.3. The normalized spacial score (nSPS) is 12.1. The maximum atomic E-state index is 13.3. The number of nitrogens with zero attached hydrogens (tertiary/aromatic N) is 2. The molecular formula is C24H31ClFN3O4S. The quantitative estimate of drug-likeness (QED) is 0.467. The fraction of sp³-hybridized carbons (Fsp3) is 0.417. The monoisotopic (exact) mass is 511 g/mol. The molecule has 0 aromatic heterocycles. The van der Waals surface area contributed by atoms with E-state index in [-0.39, 0.29) is 37.7 Å². The first-order chi connectivity index (χ1) is 16.1. The number of amides is 2. The molecule has 0 radical (unpaired) electrons. The third-order valence-electron chi connectivity index (χ3n) is 5.27. The average molecular weight is 512 g/mol. The van der Waals surface area contributed by atoms with E-state index in [9.17, 15) is 22.4 Å². The van der Waals surface area contributed by atoms with Crippen molar-refractivity contribution < 1.29 is 22.4 Å². The number of anilines is 1. The molecule has 2 aromatic carbocycles. The number of nitrogens with one attached hydrogen (secondary N) is 1. The van der Waals surface area contributed by atoms with Crippen molar-refractivity contribution in [3.63, 3.8) is 0 Å². The third-order valence-corrected chi connectivity index (χ3v) is 6.72. The number of halogens is 2. The van der Waals surface area contributed by atoms with E-state index >= 15 is 0 Å². The Bertz CT molecular complexity index is 1060. The smallest absolute Gasteiger partial charge is 0.242 e. The third kappa shape index (κ3) is 7.99.